The number of ether oxygens (including phenoxy) is 1. The fourth-order valence-electron chi connectivity index (χ4n) is 3.27. The molecule has 0 unspecified atom stereocenters. The maximum Gasteiger partial charge on any atom is 0.213 e. The van der Waals surface area contributed by atoms with Crippen LogP contribution < -0.4 is 15.4 Å². The summed E-state index contributed by atoms with van der Waals surface area (Å²) in [6, 6.07) is 5.97. The Hall–Kier alpha value is -2.57. The van der Waals surface area contributed by atoms with Crippen molar-refractivity contribution < 1.29 is 4.74 Å². The number of nitrogens with one attached hydrogen (secondary N) is 2. The molecule has 0 radical (unpaired) electrons. The molecule has 1 aliphatic rings. The van der Waals surface area contributed by atoms with Crippen LogP contribution in [0.4, 0.5) is 0 Å². The van der Waals surface area contributed by atoms with Gasteiger partial charge < -0.3 is 15.4 Å². The van der Waals surface area contributed by atoms with Crippen LogP contribution in [-0.4, -0.2) is 40.4 Å². The summed E-state index contributed by atoms with van der Waals surface area (Å²) in [6.45, 7) is 2.41. The summed E-state index contributed by atoms with van der Waals surface area (Å²) in [4.78, 5) is 8.64. The summed E-state index contributed by atoms with van der Waals surface area (Å²) in [5.74, 6) is 1.52. The third-order valence-electron chi connectivity index (χ3n) is 4.74. The van der Waals surface area contributed by atoms with Crippen molar-refractivity contribution in [2.24, 2.45) is 4.99 Å². The van der Waals surface area contributed by atoms with Crippen molar-refractivity contribution in [1.82, 2.24) is 25.4 Å². The van der Waals surface area contributed by atoms with Gasteiger partial charge >= 0.3 is 0 Å². The average molecular weight is 371 g/mol. The molecule has 2 aromatic rings. The third-order valence-corrected chi connectivity index (χ3v) is 4.74. The molecule has 0 bridgehead atoms. The molecule has 2 aromatic heterocycles. The van der Waals surface area contributed by atoms with Crippen molar-refractivity contribution in [1.29, 1.82) is 0 Å². The molecule has 2 N–H and O–H groups in total. The zero-order valence-corrected chi connectivity index (χ0v) is 16.1. The number of hydrogen-bond donors (Lipinski definition) is 2. The second-order valence-corrected chi connectivity index (χ2v) is 6.86. The van der Waals surface area contributed by atoms with Crippen molar-refractivity contribution in [2.75, 3.05) is 13.6 Å². The molecular formula is C20H30N6O. The van der Waals surface area contributed by atoms with Crippen molar-refractivity contribution in [2.45, 2.75) is 57.7 Å². The van der Waals surface area contributed by atoms with Gasteiger partial charge in [-0.05, 0) is 49.8 Å². The molecule has 27 heavy (non-hydrogen) atoms. The van der Waals surface area contributed by atoms with E-state index in [1.54, 1.807) is 13.2 Å². The van der Waals surface area contributed by atoms with Gasteiger partial charge in [-0.3, -0.25) is 9.67 Å². The lowest BCUT2D eigenvalue weighted by Gasteiger charge is -2.22. The van der Waals surface area contributed by atoms with Crippen LogP contribution >= 0.6 is 0 Å². The molecule has 1 fully saturated rings. The van der Waals surface area contributed by atoms with E-state index in [9.17, 15) is 0 Å². The number of guanidine groups is 1. The van der Waals surface area contributed by atoms with E-state index in [4.69, 9.17) is 4.74 Å². The van der Waals surface area contributed by atoms with Crippen molar-refractivity contribution in [3.63, 3.8) is 0 Å². The second kappa shape index (κ2) is 10.5. The standard InChI is InChI=1S/C20H30N6O/c1-21-20(23-10-5-13-26-14-6-11-25-26)24-16-17-9-12-22-19(15-17)27-18-7-3-2-4-8-18/h6,9,11-12,14-15,18H,2-5,7-8,10,13,16H2,1H3,(H2,21,23,24). The van der Waals surface area contributed by atoms with Gasteiger partial charge in [-0.15, -0.1) is 0 Å². The first kappa shape index (κ1) is 19.2. The number of aromatic nitrogens is 3. The van der Waals surface area contributed by atoms with Crippen LogP contribution in [0.1, 0.15) is 44.1 Å². The first-order chi connectivity index (χ1) is 13.3. The van der Waals surface area contributed by atoms with Gasteiger partial charge in [0.05, 0.1) is 0 Å². The molecular weight excluding hydrogens is 340 g/mol. The molecule has 146 valence electrons. The fourth-order valence-corrected chi connectivity index (χ4v) is 3.27. The number of pyridine rings is 1. The van der Waals surface area contributed by atoms with Gasteiger partial charge in [-0.2, -0.15) is 5.10 Å². The minimum absolute atomic E-state index is 0.318. The van der Waals surface area contributed by atoms with Gasteiger partial charge in [0.2, 0.25) is 5.88 Å². The number of hydrogen-bond acceptors (Lipinski definition) is 4. The highest BCUT2D eigenvalue weighted by atomic mass is 16.5. The zero-order chi connectivity index (χ0) is 18.7. The van der Waals surface area contributed by atoms with E-state index < -0.39 is 0 Å². The van der Waals surface area contributed by atoms with Gasteiger partial charge in [0.25, 0.3) is 0 Å². The van der Waals surface area contributed by atoms with Crippen LogP contribution in [-0.2, 0) is 13.1 Å². The van der Waals surface area contributed by atoms with E-state index in [0.29, 0.717) is 12.6 Å². The maximum absolute atomic E-state index is 6.05. The normalized spacial score (nSPS) is 15.5. The topological polar surface area (TPSA) is 76.4 Å². The molecule has 1 aliphatic carbocycles. The Morgan fingerprint density at radius 1 is 1.26 bits per heavy atom. The molecule has 0 spiro atoms. The predicted molar refractivity (Wildman–Crippen MR) is 107 cm³/mol. The lowest BCUT2D eigenvalue weighted by molar-refractivity contribution is 0.148. The first-order valence-electron chi connectivity index (χ1n) is 9.87. The molecule has 3 rings (SSSR count). The monoisotopic (exact) mass is 370 g/mol. The lowest BCUT2D eigenvalue weighted by Crippen LogP contribution is -2.37. The maximum atomic E-state index is 6.05. The Morgan fingerprint density at radius 2 is 2.15 bits per heavy atom. The smallest absolute Gasteiger partial charge is 0.213 e. The van der Waals surface area contributed by atoms with Crippen LogP contribution in [0.5, 0.6) is 5.88 Å². The van der Waals surface area contributed by atoms with Gasteiger partial charge in [-0.25, -0.2) is 4.98 Å². The SMILES string of the molecule is CN=C(NCCCn1cccn1)NCc1ccnc(OC2CCCCC2)c1. The van der Waals surface area contributed by atoms with Crippen LogP contribution in [0.25, 0.3) is 0 Å². The Kier molecular flexibility index (Phi) is 7.50. The van der Waals surface area contributed by atoms with Crippen LogP contribution in [0, 0.1) is 0 Å². The second-order valence-electron chi connectivity index (χ2n) is 6.86. The summed E-state index contributed by atoms with van der Waals surface area (Å²) in [5.41, 5.74) is 1.13. The number of aliphatic imine (C=N–C) groups is 1. The third kappa shape index (κ3) is 6.58. The van der Waals surface area contributed by atoms with Gasteiger partial charge in [0.15, 0.2) is 5.96 Å². The Morgan fingerprint density at radius 3 is 2.93 bits per heavy atom. The van der Waals surface area contributed by atoms with Gasteiger partial charge in [0.1, 0.15) is 6.10 Å². The van der Waals surface area contributed by atoms with E-state index in [2.05, 4.69) is 25.7 Å². The number of aryl methyl sites for hydroxylation is 1. The molecule has 0 aliphatic heterocycles. The fraction of sp³-hybridized carbons (Fsp3) is 0.550. The summed E-state index contributed by atoms with van der Waals surface area (Å²) < 4.78 is 7.98. The largest absolute Gasteiger partial charge is 0.474 e. The number of rotatable bonds is 8. The van der Waals surface area contributed by atoms with E-state index in [-0.39, 0.29) is 0 Å². The lowest BCUT2D eigenvalue weighted by atomic mass is 9.98. The molecule has 0 amide bonds. The molecule has 1 saturated carbocycles. The summed E-state index contributed by atoms with van der Waals surface area (Å²) in [5, 5.41) is 10.9. The summed E-state index contributed by atoms with van der Waals surface area (Å²) in [6.07, 6.45) is 13.0. The molecule has 0 aromatic carbocycles. The van der Waals surface area contributed by atoms with E-state index >= 15 is 0 Å². The van der Waals surface area contributed by atoms with Crippen LogP contribution in [0.15, 0.2) is 41.8 Å². The number of nitrogens with zero attached hydrogens (tertiary/aromatic N) is 4. The average Bonchev–Trinajstić information content (AvgIpc) is 3.22. The van der Waals surface area contributed by atoms with Gasteiger partial charge in [-0.1, -0.05) is 6.42 Å². The first-order valence-corrected chi connectivity index (χ1v) is 9.87. The molecule has 0 saturated heterocycles. The van der Waals surface area contributed by atoms with E-state index in [1.165, 1.54) is 19.3 Å². The highest BCUT2D eigenvalue weighted by Gasteiger charge is 2.15. The van der Waals surface area contributed by atoms with Gasteiger partial charge in [0, 0.05) is 51.3 Å². The molecule has 7 nitrogen and oxygen atoms in total. The minimum atomic E-state index is 0.318. The zero-order valence-electron chi connectivity index (χ0n) is 16.1. The Bertz CT molecular complexity index is 694. The Labute approximate surface area is 161 Å². The van der Waals surface area contributed by atoms with Crippen molar-refractivity contribution >= 4 is 5.96 Å². The quantitative estimate of drug-likeness (QED) is 0.424. The highest BCUT2D eigenvalue weighted by Crippen LogP contribution is 2.22. The predicted octanol–water partition coefficient (Wildman–Crippen LogP) is 2.74. The van der Waals surface area contributed by atoms with Crippen LogP contribution in [0.2, 0.25) is 0 Å². The summed E-state index contributed by atoms with van der Waals surface area (Å²) >= 11 is 0. The molecule has 7 heteroatoms. The molecule has 0 atom stereocenters. The summed E-state index contributed by atoms with van der Waals surface area (Å²) in [7, 11) is 1.78. The highest BCUT2D eigenvalue weighted by molar-refractivity contribution is 5.79. The van der Waals surface area contributed by atoms with Crippen molar-refractivity contribution in [3.8, 4) is 5.88 Å². The van der Waals surface area contributed by atoms with E-state index in [1.807, 2.05) is 35.3 Å². The van der Waals surface area contributed by atoms with Crippen LogP contribution in [0.3, 0.4) is 0 Å². The van der Waals surface area contributed by atoms with Crippen molar-refractivity contribution in [3.05, 3.63) is 42.4 Å². The Balaban J connectivity index is 1.40. The minimum Gasteiger partial charge on any atom is -0.474 e. The van der Waals surface area contributed by atoms with E-state index in [0.717, 1.165) is 49.8 Å². The molecule has 2 heterocycles.